The average molecular weight is 169 g/mol. The fourth-order valence-electron chi connectivity index (χ4n) is 0.934. The van der Waals surface area contributed by atoms with Crippen molar-refractivity contribution in [2.45, 2.75) is 6.54 Å². The van der Waals surface area contributed by atoms with Crippen molar-refractivity contribution in [2.75, 3.05) is 14.1 Å². The van der Waals surface area contributed by atoms with Gasteiger partial charge in [0.05, 0.1) is 11.9 Å². The van der Waals surface area contributed by atoms with E-state index >= 15 is 0 Å². The van der Waals surface area contributed by atoms with E-state index in [4.69, 9.17) is 5.11 Å². The Labute approximate surface area is 70.0 Å². The molecule has 0 aromatic carbocycles. The van der Waals surface area contributed by atoms with Crippen LogP contribution in [0.3, 0.4) is 0 Å². The predicted octanol–water partition coefficient (Wildman–Crippen LogP) is 0.169. The van der Waals surface area contributed by atoms with Gasteiger partial charge in [0, 0.05) is 6.54 Å². The number of nitrogens with one attached hydrogen (secondary N) is 1. The van der Waals surface area contributed by atoms with Crippen molar-refractivity contribution in [3.8, 4) is 0 Å². The molecular weight excluding hydrogens is 158 g/mol. The number of aromatic amines is 1. The molecule has 12 heavy (non-hydrogen) atoms. The van der Waals surface area contributed by atoms with Crippen molar-refractivity contribution in [2.24, 2.45) is 0 Å². The first-order chi connectivity index (χ1) is 5.61. The van der Waals surface area contributed by atoms with Crippen LogP contribution in [0.2, 0.25) is 0 Å². The maximum absolute atomic E-state index is 10.6. The number of H-pyrrole nitrogens is 1. The maximum atomic E-state index is 10.6. The molecule has 1 aromatic rings. The van der Waals surface area contributed by atoms with Gasteiger partial charge in [-0.3, -0.25) is 5.10 Å². The van der Waals surface area contributed by atoms with Gasteiger partial charge in [0.2, 0.25) is 0 Å². The standard InChI is InChI=1S/C7H11N3O2/c1-10(2)4-6-5(7(11)12)3-8-9-6/h3H,4H2,1-2H3,(H,8,9)(H,11,12). The highest BCUT2D eigenvalue weighted by molar-refractivity contribution is 5.88. The summed E-state index contributed by atoms with van der Waals surface area (Å²) in [6.45, 7) is 0.557. The second kappa shape index (κ2) is 3.36. The lowest BCUT2D eigenvalue weighted by Gasteiger charge is -2.07. The first-order valence-electron chi connectivity index (χ1n) is 3.51. The van der Waals surface area contributed by atoms with Gasteiger partial charge in [0.25, 0.3) is 0 Å². The van der Waals surface area contributed by atoms with Crippen molar-refractivity contribution in [3.05, 3.63) is 17.5 Å². The summed E-state index contributed by atoms with van der Waals surface area (Å²) in [6, 6.07) is 0. The molecule has 1 rings (SSSR count). The Hall–Kier alpha value is -1.36. The number of hydrogen-bond donors (Lipinski definition) is 2. The molecule has 0 radical (unpaired) electrons. The van der Waals surface area contributed by atoms with Crippen LogP contribution in [0.1, 0.15) is 16.1 Å². The van der Waals surface area contributed by atoms with Crippen molar-refractivity contribution >= 4 is 5.97 Å². The lowest BCUT2D eigenvalue weighted by molar-refractivity contribution is 0.0695. The number of carboxylic acids is 1. The van der Waals surface area contributed by atoms with E-state index in [0.717, 1.165) is 0 Å². The van der Waals surface area contributed by atoms with E-state index in [9.17, 15) is 4.79 Å². The van der Waals surface area contributed by atoms with E-state index in [1.54, 1.807) is 0 Å². The van der Waals surface area contributed by atoms with Gasteiger partial charge in [-0.2, -0.15) is 5.10 Å². The SMILES string of the molecule is CN(C)Cc1[nH]ncc1C(=O)O. The smallest absolute Gasteiger partial charge is 0.339 e. The number of carbonyl (C=O) groups is 1. The zero-order valence-electron chi connectivity index (χ0n) is 7.03. The number of rotatable bonds is 3. The summed E-state index contributed by atoms with van der Waals surface area (Å²) < 4.78 is 0. The largest absolute Gasteiger partial charge is 0.478 e. The minimum atomic E-state index is -0.944. The Morgan fingerprint density at radius 1 is 1.75 bits per heavy atom. The van der Waals surface area contributed by atoms with Gasteiger partial charge in [0.15, 0.2) is 0 Å². The molecule has 0 atom stereocenters. The Morgan fingerprint density at radius 3 is 2.92 bits per heavy atom. The fourth-order valence-corrected chi connectivity index (χ4v) is 0.934. The molecule has 0 saturated heterocycles. The van der Waals surface area contributed by atoms with E-state index in [2.05, 4.69) is 10.2 Å². The van der Waals surface area contributed by atoms with Crippen molar-refractivity contribution < 1.29 is 9.90 Å². The highest BCUT2D eigenvalue weighted by atomic mass is 16.4. The first-order valence-corrected chi connectivity index (χ1v) is 3.51. The molecule has 0 aliphatic carbocycles. The molecule has 2 N–H and O–H groups in total. The van der Waals surface area contributed by atoms with Crippen LogP contribution < -0.4 is 0 Å². The van der Waals surface area contributed by atoms with Crippen LogP contribution in [-0.4, -0.2) is 40.3 Å². The average Bonchev–Trinajstić information content (AvgIpc) is 2.33. The summed E-state index contributed by atoms with van der Waals surface area (Å²) >= 11 is 0. The molecule has 1 aromatic heterocycles. The van der Waals surface area contributed by atoms with Crippen LogP contribution >= 0.6 is 0 Å². The van der Waals surface area contributed by atoms with Crippen LogP contribution in [0, 0.1) is 0 Å². The summed E-state index contributed by atoms with van der Waals surface area (Å²) in [5.74, 6) is -0.944. The van der Waals surface area contributed by atoms with Crippen molar-refractivity contribution in [1.29, 1.82) is 0 Å². The quantitative estimate of drug-likeness (QED) is 0.676. The van der Waals surface area contributed by atoms with Gasteiger partial charge in [-0.1, -0.05) is 0 Å². The maximum Gasteiger partial charge on any atom is 0.339 e. The molecule has 66 valence electrons. The Morgan fingerprint density at radius 2 is 2.42 bits per heavy atom. The van der Waals surface area contributed by atoms with E-state index in [-0.39, 0.29) is 5.56 Å². The van der Waals surface area contributed by atoms with Crippen LogP contribution in [0.5, 0.6) is 0 Å². The highest BCUT2D eigenvalue weighted by Gasteiger charge is 2.11. The van der Waals surface area contributed by atoms with E-state index in [1.165, 1.54) is 6.20 Å². The minimum Gasteiger partial charge on any atom is -0.478 e. The van der Waals surface area contributed by atoms with E-state index < -0.39 is 5.97 Å². The van der Waals surface area contributed by atoms with Crippen LogP contribution in [0.25, 0.3) is 0 Å². The number of nitrogens with zero attached hydrogens (tertiary/aromatic N) is 2. The molecule has 0 bridgehead atoms. The van der Waals surface area contributed by atoms with Crippen LogP contribution in [-0.2, 0) is 6.54 Å². The predicted molar refractivity (Wildman–Crippen MR) is 42.9 cm³/mol. The summed E-state index contributed by atoms with van der Waals surface area (Å²) in [6.07, 6.45) is 1.32. The highest BCUT2D eigenvalue weighted by Crippen LogP contribution is 2.05. The number of aromatic carboxylic acids is 1. The summed E-state index contributed by atoms with van der Waals surface area (Å²) in [7, 11) is 3.74. The molecule has 1 heterocycles. The molecular formula is C7H11N3O2. The third kappa shape index (κ3) is 1.82. The van der Waals surface area contributed by atoms with Crippen molar-refractivity contribution in [1.82, 2.24) is 15.1 Å². The Kier molecular flexibility index (Phi) is 2.44. The Bertz CT molecular complexity index is 280. The molecule has 5 nitrogen and oxygen atoms in total. The van der Waals surface area contributed by atoms with E-state index in [0.29, 0.717) is 12.2 Å². The summed E-state index contributed by atoms with van der Waals surface area (Å²) in [4.78, 5) is 12.5. The molecule has 0 unspecified atom stereocenters. The van der Waals surface area contributed by atoms with Crippen LogP contribution in [0.4, 0.5) is 0 Å². The van der Waals surface area contributed by atoms with Gasteiger partial charge in [-0.05, 0) is 14.1 Å². The fraction of sp³-hybridized carbons (Fsp3) is 0.429. The molecule has 0 spiro atoms. The monoisotopic (exact) mass is 169 g/mol. The lowest BCUT2D eigenvalue weighted by atomic mass is 10.2. The van der Waals surface area contributed by atoms with Gasteiger partial charge >= 0.3 is 5.97 Å². The van der Waals surface area contributed by atoms with Gasteiger partial charge < -0.3 is 10.0 Å². The zero-order valence-corrected chi connectivity index (χ0v) is 7.03. The lowest BCUT2D eigenvalue weighted by Crippen LogP contribution is -2.13. The summed E-state index contributed by atoms with van der Waals surface area (Å²) in [5.41, 5.74) is 0.871. The molecule has 0 aliphatic heterocycles. The second-order valence-corrected chi connectivity index (χ2v) is 2.81. The topological polar surface area (TPSA) is 69.2 Å². The first kappa shape index (κ1) is 8.73. The van der Waals surface area contributed by atoms with Crippen molar-refractivity contribution in [3.63, 3.8) is 0 Å². The molecule has 5 heteroatoms. The number of hydrogen-bond acceptors (Lipinski definition) is 3. The van der Waals surface area contributed by atoms with Gasteiger partial charge in [0.1, 0.15) is 5.56 Å². The normalized spacial score (nSPS) is 10.6. The molecule has 0 saturated carbocycles. The molecule has 0 amide bonds. The van der Waals surface area contributed by atoms with Gasteiger partial charge in [-0.25, -0.2) is 4.79 Å². The second-order valence-electron chi connectivity index (χ2n) is 2.81. The molecule has 0 aliphatic rings. The van der Waals surface area contributed by atoms with Crippen LogP contribution in [0.15, 0.2) is 6.20 Å². The zero-order chi connectivity index (χ0) is 9.14. The minimum absolute atomic E-state index is 0.240. The third-order valence-electron chi connectivity index (χ3n) is 1.42. The van der Waals surface area contributed by atoms with Gasteiger partial charge in [-0.15, -0.1) is 0 Å². The number of carboxylic acid groups (broad SMARTS) is 1. The summed E-state index contributed by atoms with van der Waals surface area (Å²) in [5, 5.41) is 15.0. The third-order valence-corrected chi connectivity index (χ3v) is 1.42. The number of aromatic nitrogens is 2. The Balaban J connectivity index is 2.84. The van der Waals surface area contributed by atoms with E-state index in [1.807, 2.05) is 19.0 Å². The molecule has 0 fully saturated rings.